The van der Waals surface area contributed by atoms with Gasteiger partial charge in [0.1, 0.15) is 6.10 Å². The number of rotatable bonds is 0. The van der Waals surface area contributed by atoms with Gasteiger partial charge in [0.15, 0.2) is 17.7 Å². The summed E-state index contributed by atoms with van der Waals surface area (Å²) in [5, 5.41) is 0. The number of ketones is 1. The Balaban J connectivity index is 2.25. The van der Waals surface area contributed by atoms with E-state index >= 15 is 0 Å². The smallest absolute Gasteiger partial charge is 0.190 e. The molecular formula is C9H12O3. The standard InChI is InChI=1S/C9H12O3/c1-5-4-6-8(7(5)10)12-9(2,3)11-6/h4,6,8H,1-3H3/t6-,8-/m1/s1. The molecule has 1 aliphatic carbocycles. The van der Waals surface area contributed by atoms with Gasteiger partial charge in [-0.1, -0.05) is 0 Å². The van der Waals surface area contributed by atoms with Gasteiger partial charge in [-0.3, -0.25) is 4.79 Å². The molecule has 2 aliphatic rings. The van der Waals surface area contributed by atoms with Crippen LogP contribution in [0.15, 0.2) is 11.6 Å². The molecule has 12 heavy (non-hydrogen) atoms. The normalized spacial score (nSPS) is 38.2. The molecule has 3 nitrogen and oxygen atoms in total. The van der Waals surface area contributed by atoms with Gasteiger partial charge >= 0.3 is 0 Å². The SMILES string of the molecule is CC1=C[C@H]2OC(C)(C)O[C@H]2C1=O. The van der Waals surface area contributed by atoms with E-state index in [9.17, 15) is 4.79 Å². The van der Waals surface area contributed by atoms with Gasteiger partial charge in [-0.25, -0.2) is 0 Å². The van der Waals surface area contributed by atoms with E-state index in [-0.39, 0.29) is 18.0 Å². The second kappa shape index (κ2) is 2.18. The Labute approximate surface area is 71.3 Å². The Morgan fingerprint density at radius 2 is 2.08 bits per heavy atom. The third kappa shape index (κ3) is 1.01. The van der Waals surface area contributed by atoms with Gasteiger partial charge in [-0.15, -0.1) is 0 Å². The Bertz CT molecular complexity index is 265. The quantitative estimate of drug-likeness (QED) is 0.542. The van der Waals surface area contributed by atoms with Crippen molar-refractivity contribution in [3.05, 3.63) is 11.6 Å². The predicted octanol–water partition coefficient (Wildman–Crippen LogP) is 1.04. The Kier molecular flexibility index (Phi) is 1.44. The summed E-state index contributed by atoms with van der Waals surface area (Å²) in [7, 11) is 0. The maximum absolute atomic E-state index is 11.4. The lowest BCUT2D eigenvalue weighted by molar-refractivity contribution is -0.153. The summed E-state index contributed by atoms with van der Waals surface area (Å²) < 4.78 is 10.9. The number of hydrogen-bond donors (Lipinski definition) is 0. The van der Waals surface area contributed by atoms with E-state index in [1.807, 2.05) is 19.9 Å². The minimum Gasteiger partial charge on any atom is -0.340 e. The monoisotopic (exact) mass is 168 g/mol. The minimum absolute atomic E-state index is 0.0607. The molecular weight excluding hydrogens is 156 g/mol. The molecule has 0 unspecified atom stereocenters. The zero-order chi connectivity index (χ0) is 8.93. The topological polar surface area (TPSA) is 35.5 Å². The predicted molar refractivity (Wildman–Crippen MR) is 42.6 cm³/mol. The van der Waals surface area contributed by atoms with Crippen molar-refractivity contribution in [2.75, 3.05) is 0 Å². The zero-order valence-electron chi connectivity index (χ0n) is 7.46. The lowest BCUT2D eigenvalue weighted by Gasteiger charge is -2.17. The second-order valence-electron chi connectivity index (χ2n) is 3.73. The van der Waals surface area contributed by atoms with Gasteiger partial charge in [0.25, 0.3) is 0 Å². The van der Waals surface area contributed by atoms with Crippen molar-refractivity contribution in [3.8, 4) is 0 Å². The molecule has 0 aromatic heterocycles. The third-order valence-corrected chi connectivity index (χ3v) is 2.19. The van der Waals surface area contributed by atoms with Crippen LogP contribution >= 0.6 is 0 Å². The molecule has 0 spiro atoms. The summed E-state index contributed by atoms with van der Waals surface area (Å²) in [5.74, 6) is -0.548. The number of carbonyl (C=O) groups is 1. The fraction of sp³-hybridized carbons (Fsp3) is 0.667. The number of carbonyl (C=O) groups excluding carboxylic acids is 1. The fourth-order valence-electron chi connectivity index (χ4n) is 1.67. The summed E-state index contributed by atoms with van der Waals surface area (Å²) >= 11 is 0. The van der Waals surface area contributed by atoms with Crippen molar-refractivity contribution in [2.24, 2.45) is 0 Å². The largest absolute Gasteiger partial charge is 0.340 e. The summed E-state index contributed by atoms with van der Waals surface area (Å²) in [5.41, 5.74) is 0.750. The lowest BCUT2D eigenvalue weighted by Crippen LogP contribution is -2.26. The molecule has 3 heteroatoms. The molecule has 0 amide bonds. The molecule has 1 aliphatic heterocycles. The molecule has 1 heterocycles. The molecule has 2 atom stereocenters. The molecule has 0 bridgehead atoms. The highest BCUT2D eigenvalue weighted by Crippen LogP contribution is 2.34. The first kappa shape index (κ1) is 7.95. The van der Waals surface area contributed by atoms with Crippen LogP contribution in [0.4, 0.5) is 0 Å². The minimum atomic E-state index is -0.609. The molecule has 0 radical (unpaired) electrons. The molecule has 2 rings (SSSR count). The van der Waals surface area contributed by atoms with E-state index in [1.54, 1.807) is 6.92 Å². The number of ether oxygens (including phenoxy) is 2. The van der Waals surface area contributed by atoms with Crippen LogP contribution in [0.25, 0.3) is 0 Å². The van der Waals surface area contributed by atoms with Crippen LogP contribution in [0.5, 0.6) is 0 Å². The highest BCUT2D eigenvalue weighted by molar-refractivity contribution is 6.01. The summed E-state index contributed by atoms with van der Waals surface area (Å²) in [6, 6.07) is 0. The molecule has 0 aromatic rings. The van der Waals surface area contributed by atoms with E-state index in [1.165, 1.54) is 0 Å². The van der Waals surface area contributed by atoms with Crippen molar-refractivity contribution in [2.45, 2.75) is 38.8 Å². The number of hydrogen-bond acceptors (Lipinski definition) is 3. The van der Waals surface area contributed by atoms with Crippen LogP contribution in [-0.2, 0) is 14.3 Å². The number of Topliss-reactive ketones (excluding diaryl/α,β-unsaturated/α-hetero) is 1. The Morgan fingerprint density at radius 1 is 1.42 bits per heavy atom. The summed E-state index contributed by atoms with van der Waals surface area (Å²) in [6.45, 7) is 5.43. The Hall–Kier alpha value is -0.670. The second-order valence-corrected chi connectivity index (χ2v) is 3.73. The van der Waals surface area contributed by atoms with Gasteiger partial charge in [0.05, 0.1) is 0 Å². The highest BCUT2D eigenvalue weighted by atomic mass is 16.8. The first-order valence-electron chi connectivity index (χ1n) is 4.08. The van der Waals surface area contributed by atoms with Crippen molar-refractivity contribution in [1.29, 1.82) is 0 Å². The first-order chi connectivity index (χ1) is 5.49. The zero-order valence-corrected chi connectivity index (χ0v) is 7.46. The van der Waals surface area contributed by atoms with Gasteiger partial charge in [-0.05, 0) is 32.4 Å². The van der Waals surface area contributed by atoms with Crippen molar-refractivity contribution in [3.63, 3.8) is 0 Å². The maximum atomic E-state index is 11.4. The first-order valence-corrected chi connectivity index (χ1v) is 4.08. The molecule has 0 N–H and O–H groups in total. The van der Waals surface area contributed by atoms with Crippen LogP contribution in [0.2, 0.25) is 0 Å². The van der Waals surface area contributed by atoms with E-state index in [4.69, 9.17) is 9.47 Å². The lowest BCUT2D eigenvalue weighted by atomic mass is 10.2. The summed E-state index contributed by atoms with van der Waals surface area (Å²) in [6.07, 6.45) is 1.29. The Morgan fingerprint density at radius 3 is 2.67 bits per heavy atom. The van der Waals surface area contributed by atoms with Gasteiger partial charge in [-0.2, -0.15) is 0 Å². The maximum Gasteiger partial charge on any atom is 0.190 e. The average molecular weight is 168 g/mol. The van der Waals surface area contributed by atoms with Crippen LogP contribution < -0.4 is 0 Å². The van der Waals surface area contributed by atoms with Gasteiger partial charge in [0.2, 0.25) is 0 Å². The van der Waals surface area contributed by atoms with Crippen molar-refractivity contribution < 1.29 is 14.3 Å². The fourth-order valence-corrected chi connectivity index (χ4v) is 1.67. The summed E-state index contributed by atoms with van der Waals surface area (Å²) in [4.78, 5) is 11.4. The molecule has 1 fully saturated rings. The van der Waals surface area contributed by atoms with Crippen molar-refractivity contribution >= 4 is 5.78 Å². The highest BCUT2D eigenvalue weighted by Gasteiger charge is 2.47. The third-order valence-electron chi connectivity index (χ3n) is 2.19. The van der Waals surface area contributed by atoms with E-state index in [2.05, 4.69) is 0 Å². The van der Waals surface area contributed by atoms with Crippen LogP contribution in [0, 0.1) is 0 Å². The van der Waals surface area contributed by atoms with Crippen LogP contribution in [0.1, 0.15) is 20.8 Å². The van der Waals surface area contributed by atoms with Crippen LogP contribution in [-0.4, -0.2) is 23.8 Å². The molecule has 0 aromatic carbocycles. The van der Waals surface area contributed by atoms with E-state index < -0.39 is 5.79 Å². The molecule has 0 saturated carbocycles. The molecule has 1 saturated heterocycles. The number of fused-ring (bicyclic) bond motifs is 1. The van der Waals surface area contributed by atoms with E-state index in [0.717, 1.165) is 5.57 Å². The molecule has 66 valence electrons. The van der Waals surface area contributed by atoms with Crippen LogP contribution in [0.3, 0.4) is 0 Å². The van der Waals surface area contributed by atoms with E-state index in [0.29, 0.717) is 0 Å². The van der Waals surface area contributed by atoms with Gasteiger partial charge in [0, 0.05) is 0 Å². The van der Waals surface area contributed by atoms with Crippen molar-refractivity contribution in [1.82, 2.24) is 0 Å². The average Bonchev–Trinajstić information content (AvgIpc) is 2.33. The van der Waals surface area contributed by atoms with Gasteiger partial charge < -0.3 is 9.47 Å².